The molecular formula is C17H20N6. The van der Waals surface area contributed by atoms with Gasteiger partial charge >= 0.3 is 0 Å². The topological polar surface area (TPSA) is 72.3 Å². The number of aromatic amines is 1. The number of nitrogens with zero attached hydrogens (tertiary/aromatic N) is 5. The Bertz CT molecular complexity index is 786. The Hall–Kier alpha value is -2.76. The van der Waals surface area contributed by atoms with Crippen LogP contribution in [-0.4, -0.2) is 30.2 Å². The van der Waals surface area contributed by atoms with E-state index >= 15 is 0 Å². The van der Waals surface area contributed by atoms with E-state index in [1.165, 1.54) is 5.57 Å². The molecular weight excluding hydrogens is 288 g/mol. The first-order valence-electron chi connectivity index (χ1n) is 7.75. The molecule has 0 aliphatic heterocycles. The molecule has 2 aromatic heterocycles. The number of aromatic nitrogens is 6. The van der Waals surface area contributed by atoms with Crippen molar-refractivity contribution in [2.75, 3.05) is 0 Å². The van der Waals surface area contributed by atoms with Crippen LogP contribution in [0.4, 0.5) is 0 Å². The number of allylic oxidation sites excluding steroid dienone is 2. The van der Waals surface area contributed by atoms with E-state index in [0.717, 1.165) is 23.4 Å². The maximum Gasteiger partial charge on any atom is 0.197 e. The van der Waals surface area contributed by atoms with Crippen molar-refractivity contribution in [2.24, 2.45) is 0 Å². The standard InChI is InChI=1S/C17H20N6/c1-4-8-12(2)16-15(14-9-6-5-7-10-14)18-11-23(16)13(3)17-19-21-22-20-17/h5-11,13H,4H2,1-3H3,(H,19,20,21,22)/b12-8+. The Labute approximate surface area is 135 Å². The van der Waals surface area contributed by atoms with Crippen LogP contribution in [0.2, 0.25) is 0 Å². The fraction of sp³-hybridized carbons (Fsp3) is 0.294. The van der Waals surface area contributed by atoms with E-state index < -0.39 is 0 Å². The second-order valence-electron chi connectivity index (χ2n) is 5.46. The molecule has 1 atom stereocenters. The van der Waals surface area contributed by atoms with Gasteiger partial charge in [0.1, 0.15) is 0 Å². The van der Waals surface area contributed by atoms with Crippen LogP contribution < -0.4 is 0 Å². The van der Waals surface area contributed by atoms with Gasteiger partial charge in [0.15, 0.2) is 5.82 Å². The van der Waals surface area contributed by atoms with Crippen LogP contribution in [-0.2, 0) is 0 Å². The van der Waals surface area contributed by atoms with Crippen molar-refractivity contribution in [3.63, 3.8) is 0 Å². The van der Waals surface area contributed by atoms with Crippen LogP contribution in [0.5, 0.6) is 0 Å². The lowest BCUT2D eigenvalue weighted by atomic mass is 10.0. The Morgan fingerprint density at radius 1 is 1.30 bits per heavy atom. The van der Waals surface area contributed by atoms with E-state index in [9.17, 15) is 0 Å². The van der Waals surface area contributed by atoms with E-state index in [4.69, 9.17) is 0 Å². The largest absolute Gasteiger partial charge is 0.320 e. The van der Waals surface area contributed by atoms with Crippen molar-refractivity contribution in [1.29, 1.82) is 0 Å². The first-order chi connectivity index (χ1) is 11.2. The smallest absolute Gasteiger partial charge is 0.197 e. The summed E-state index contributed by atoms with van der Waals surface area (Å²) in [6.45, 7) is 6.30. The minimum atomic E-state index is -0.0473. The molecule has 118 valence electrons. The van der Waals surface area contributed by atoms with Crippen molar-refractivity contribution in [3.8, 4) is 11.3 Å². The van der Waals surface area contributed by atoms with Gasteiger partial charge in [-0.2, -0.15) is 5.21 Å². The molecule has 1 unspecified atom stereocenters. The normalized spacial score (nSPS) is 13.3. The lowest BCUT2D eigenvalue weighted by molar-refractivity contribution is 0.594. The lowest BCUT2D eigenvalue weighted by Gasteiger charge is -2.15. The molecule has 6 heteroatoms. The summed E-state index contributed by atoms with van der Waals surface area (Å²) in [5, 5.41) is 14.4. The van der Waals surface area contributed by atoms with Gasteiger partial charge in [-0.3, -0.25) is 0 Å². The number of rotatable bonds is 5. The van der Waals surface area contributed by atoms with Crippen molar-refractivity contribution < 1.29 is 0 Å². The first kappa shape index (κ1) is 15.1. The van der Waals surface area contributed by atoms with Gasteiger partial charge < -0.3 is 4.57 Å². The van der Waals surface area contributed by atoms with Crippen LogP contribution in [0, 0.1) is 0 Å². The zero-order valence-corrected chi connectivity index (χ0v) is 13.6. The van der Waals surface area contributed by atoms with Gasteiger partial charge in [-0.15, -0.1) is 10.2 Å². The minimum absolute atomic E-state index is 0.0473. The number of hydrogen-bond donors (Lipinski definition) is 1. The van der Waals surface area contributed by atoms with Crippen LogP contribution >= 0.6 is 0 Å². The summed E-state index contributed by atoms with van der Waals surface area (Å²) in [5.74, 6) is 0.646. The molecule has 0 amide bonds. The fourth-order valence-electron chi connectivity index (χ4n) is 2.73. The summed E-state index contributed by atoms with van der Waals surface area (Å²) in [6.07, 6.45) is 5.04. The van der Waals surface area contributed by atoms with Gasteiger partial charge in [0.2, 0.25) is 0 Å². The van der Waals surface area contributed by atoms with Gasteiger partial charge in [-0.25, -0.2) is 4.98 Å². The van der Waals surface area contributed by atoms with E-state index in [1.54, 1.807) is 0 Å². The van der Waals surface area contributed by atoms with Gasteiger partial charge in [0.05, 0.1) is 23.8 Å². The summed E-state index contributed by atoms with van der Waals surface area (Å²) in [6, 6.07) is 10.2. The number of tetrazole rings is 1. The zero-order valence-electron chi connectivity index (χ0n) is 13.6. The highest BCUT2D eigenvalue weighted by atomic mass is 15.5. The van der Waals surface area contributed by atoms with Crippen molar-refractivity contribution in [1.82, 2.24) is 30.2 Å². The van der Waals surface area contributed by atoms with E-state index in [0.29, 0.717) is 5.82 Å². The Balaban J connectivity index is 2.14. The highest BCUT2D eigenvalue weighted by Gasteiger charge is 2.21. The molecule has 0 radical (unpaired) electrons. The molecule has 0 saturated heterocycles. The lowest BCUT2D eigenvalue weighted by Crippen LogP contribution is -2.10. The predicted octanol–water partition coefficient (Wildman–Crippen LogP) is 3.49. The molecule has 0 spiro atoms. The van der Waals surface area contributed by atoms with Gasteiger partial charge in [-0.1, -0.05) is 48.5 Å². The third kappa shape index (κ3) is 2.92. The van der Waals surface area contributed by atoms with Crippen molar-refractivity contribution in [3.05, 3.63) is 54.3 Å². The minimum Gasteiger partial charge on any atom is -0.320 e. The second kappa shape index (κ2) is 6.56. The van der Waals surface area contributed by atoms with E-state index in [1.807, 2.05) is 31.5 Å². The average molecular weight is 308 g/mol. The Kier molecular flexibility index (Phi) is 4.32. The fourth-order valence-corrected chi connectivity index (χ4v) is 2.73. The number of benzene rings is 1. The summed E-state index contributed by atoms with van der Waals surface area (Å²) < 4.78 is 2.11. The third-order valence-electron chi connectivity index (χ3n) is 3.88. The van der Waals surface area contributed by atoms with E-state index in [-0.39, 0.29) is 6.04 Å². The number of hydrogen-bond acceptors (Lipinski definition) is 4. The molecule has 0 aliphatic carbocycles. The summed E-state index contributed by atoms with van der Waals surface area (Å²) in [7, 11) is 0. The van der Waals surface area contributed by atoms with Crippen molar-refractivity contribution in [2.45, 2.75) is 33.2 Å². The number of H-pyrrole nitrogens is 1. The molecule has 0 fully saturated rings. The van der Waals surface area contributed by atoms with Crippen LogP contribution in [0.25, 0.3) is 16.8 Å². The molecule has 2 heterocycles. The Morgan fingerprint density at radius 2 is 2.09 bits per heavy atom. The van der Waals surface area contributed by atoms with Crippen molar-refractivity contribution >= 4 is 5.57 Å². The molecule has 23 heavy (non-hydrogen) atoms. The SMILES string of the molecule is CC/C=C(\C)c1c(-c2ccccc2)ncn1C(C)c1nn[nH]n1. The predicted molar refractivity (Wildman–Crippen MR) is 89.6 cm³/mol. The Morgan fingerprint density at radius 3 is 2.74 bits per heavy atom. The highest BCUT2D eigenvalue weighted by molar-refractivity contribution is 5.76. The van der Waals surface area contributed by atoms with Gasteiger partial charge in [-0.05, 0) is 25.8 Å². The second-order valence-corrected chi connectivity index (χ2v) is 5.46. The summed E-state index contributed by atoms with van der Waals surface area (Å²) in [4.78, 5) is 4.66. The summed E-state index contributed by atoms with van der Waals surface area (Å²) in [5.41, 5.74) is 4.36. The number of nitrogens with one attached hydrogen (secondary N) is 1. The first-order valence-corrected chi connectivity index (χ1v) is 7.75. The molecule has 3 aromatic rings. The molecule has 0 aliphatic rings. The molecule has 3 rings (SSSR count). The summed E-state index contributed by atoms with van der Waals surface area (Å²) >= 11 is 0. The maximum atomic E-state index is 4.66. The third-order valence-corrected chi connectivity index (χ3v) is 3.88. The molecule has 1 N–H and O–H groups in total. The maximum absolute atomic E-state index is 4.66. The van der Waals surface area contributed by atoms with Gasteiger partial charge in [0.25, 0.3) is 0 Å². The molecule has 0 bridgehead atoms. The molecule has 1 aromatic carbocycles. The average Bonchev–Trinajstić information content (AvgIpc) is 3.25. The van der Waals surface area contributed by atoms with Crippen LogP contribution in [0.1, 0.15) is 44.8 Å². The quantitative estimate of drug-likeness (QED) is 0.783. The van der Waals surface area contributed by atoms with E-state index in [2.05, 4.69) is 62.2 Å². The van der Waals surface area contributed by atoms with Crippen LogP contribution in [0.3, 0.4) is 0 Å². The highest BCUT2D eigenvalue weighted by Crippen LogP contribution is 2.31. The zero-order chi connectivity index (χ0) is 16.2. The molecule has 6 nitrogen and oxygen atoms in total. The van der Waals surface area contributed by atoms with Crippen LogP contribution in [0.15, 0.2) is 42.7 Å². The monoisotopic (exact) mass is 308 g/mol. The van der Waals surface area contributed by atoms with Gasteiger partial charge in [0, 0.05) is 5.56 Å². The number of imidazole rings is 1. The molecule has 0 saturated carbocycles.